The molecular weight excluding hydrogens is 312 g/mol. The van der Waals surface area contributed by atoms with Gasteiger partial charge in [0.15, 0.2) is 6.10 Å². The lowest BCUT2D eigenvalue weighted by Crippen LogP contribution is -2.33. The van der Waals surface area contributed by atoms with Gasteiger partial charge in [-0.3, -0.25) is 23.9 Å². The monoisotopic (exact) mass is 330 g/mol. The van der Waals surface area contributed by atoms with Crippen molar-refractivity contribution in [3.8, 4) is 0 Å². The standard InChI is InChI=1S/C17H18N2O5/c1-10-4-5-11(2)13(8-10)16(22)12(3)24-15(21)9-19-7-6-14(20)18-17(19)23/h4-8,12H,9H2,1-3H3,(H,18,20,23)/t12-/m0/s1. The van der Waals surface area contributed by atoms with Crippen LogP contribution in [0, 0.1) is 13.8 Å². The first-order valence-electron chi connectivity index (χ1n) is 7.38. The summed E-state index contributed by atoms with van der Waals surface area (Å²) >= 11 is 0. The Labute approximate surface area is 137 Å². The summed E-state index contributed by atoms with van der Waals surface area (Å²) in [5.74, 6) is -1.05. The first kappa shape index (κ1) is 17.4. The van der Waals surface area contributed by atoms with Gasteiger partial charge in [0.1, 0.15) is 6.54 Å². The summed E-state index contributed by atoms with van der Waals surface area (Å²) in [6.45, 7) is 4.77. The Morgan fingerprint density at radius 3 is 2.58 bits per heavy atom. The molecule has 0 saturated carbocycles. The lowest BCUT2D eigenvalue weighted by atomic mass is 9.99. The van der Waals surface area contributed by atoms with Gasteiger partial charge in [0.05, 0.1) is 0 Å². The van der Waals surface area contributed by atoms with Crippen molar-refractivity contribution in [3.05, 3.63) is 68.0 Å². The molecule has 0 fully saturated rings. The van der Waals surface area contributed by atoms with E-state index in [1.54, 1.807) is 13.0 Å². The van der Waals surface area contributed by atoms with E-state index in [1.165, 1.54) is 13.1 Å². The third-order valence-corrected chi connectivity index (χ3v) is 3.53. The van der Waals surface area contributed by atoms with Crippen LogP contribution in [0.3, 0.4) is 0 Å². The second kappa shape index (κ2) is 7.08. The van der Waals surface area contributed by atoms with Gasteiger partial charge in [-0.15, -0.1) is 0 Å². The summed E-state index contributed by atoms with van der Waals surface area (Å²) < 4.78 is 6.11. The molecule has 1 heterocycles. The van der Waals surface area contributed by atoms with Gasteiger partial charge in [-0.05, 0) is 32.4 Å². The average molecular weight is 330 g/mol. The van der Waals surface area contributed by atoms with Crippen LogP contribution in [-0.4, -0.2) is 27.4 Å². The predicted octanol–water partition coefficient (Wildman–Crippen LogP) is 0.968. The van der Waals surface area contributed by atoms with Crippen LogP contribution in [0.5, 0.6) is 0 Å². The molecule has 0 bridgehead atoms. The summed E-state index contributed by atoms with van der Waals surface area (Å²) in [7, 11) is 0. The van der Waals surface area contributed by atoms with Gasteiger partial charge in [-0.1, -0.05) is 17.7 Å². The van der Waals surface area contributed by atoms with Crippen LogP contribution in [-0.2, 0) is 16.1 Å². The van der Waals surface area contributed by atoms with Crippen LogP contribution < -0.4 is 11.2 Å². The number of nitrogens with one attached hydrogen (secondary N) is 1. The van der Waals surface area contributed by atoms with Gasteiger partial charge in [0.2, 0.25) is 5.78 Å². The third kappa shape index (κ3) is 4.07. The van der Waals surface area contributed by atoms with Crippen molar-refractivity contribution in [1.82, 2.24) is 9.55 Å². The Bertz CT molecular complexity index is 894. The minimum atomic E-state index is -0.975. The molecule has 0 aliphatic heterocycles. The molecule has 1 aromatic heterocycles. The molecule has 0 aliphatic rings. The Morgan fingerprint density at radius 2 is 1.92 bits per heavy atom. The van der Waals surface area contributed by atoms with E-state index < -0.39 is 23.3 Å². The van der Waals surface area contributed by atoms with Gasteiger partial charge in [-0.2, -0.15) is 0 Å². The van der Waals surface area contributed by atoms with Gasteiger partial charge >= 0.3 is 11.7 Å². The fourth-order valence-corrected chi connectivity index (χ4v) is 2.22. The number of esters is 1. The van der Waals surface area contributed by atoms with Crippen LogP contribution in [0.25, 0.3) is 0 Å². The highest BCUT2D eigenvalue weighted by Crippen LogP contribution is 2.14. The maximum atomic E-state index is 12.4. The number of carbonyl (C=O) groups excluding carboxylic acids is 2. The summed E-state index contributed by atoms with van der Waals surface area (Å²) in [4.78, 5) is 48.9. The molecule has 126 valence electrons. The van der Waals surface area contributed by atoms with Crippen molar-refractivity contribution < 1.29 is 14.3 Å². The largest absolute Gasteiger partial charge is 0.453 e. The van der Waals surface area contributed by atoms with E-state index in [2.05, 4.69) is 0 Å². The molecule has 7 nitrogen and oxygen atoms in total. The Kier molecular flexibility index (Phi) is 5.13. The first-order valence-corrected chi connectivity index (χ1v) is 7.38. The van der Waals surface area contributed by atoms with Crippen molar-refractivity contribution in [2.24, 2.45) is 0 Å². The summed E-state index contributed by atoms with van der Waals surface area (Å²) in [6.07, 6.45) is 0.219. The van der Waals surface area contributed by atoms with Crippen molar-refractivity contribution in [2.75, 3.05) is 0 Å². The maximum Gasteiger partial charge on any atom is 0.328 e. The summed E-state index contributed by atoms with van der Waals surface area (Å²) in [5.41, 5.74) is 0.958. The van der Waals surface area contributed by atoms with E-state index in [0.29, 0.717) is 5.56 Å². The number of H-pyrrole nitrogens is 1. The molecule has 2 aromatic rings. The number of benzene rings is 1. The Morgan fingerprint density at radius 1 is 1.21 bits per heavy atom. The summed E-state index contributed by atoms with van der Waals surface area (Å²) in [6, 6.07) is 6.59. The molecule has 0 amide bonds. The number of aryl methyl sites for hydroxylation is 2. The fraction of sp³-hybridized carbons (Fsp3) is 0.294. The zero-order valence-electron chi connectivity index (χ0n) is 13.7. The molecule has 0 radical (unpaired) electrons. The molecule has 1 aromatic carbocycles. The zero-order chi connectivity index (χ0) is 17.9. The molecule has 1 atom stereocenters. The number of rotatable bonds is 5. The van der Waals surface area contributed by atoms with E-state index in [0.717, 1.165) is 21.8 Å². The molecule has 2 rings (SSSR count). The van der Waals surface area contributed by atoms with Crippen molar-refractivity contribution >= 4 is 11.8 Å². The fourth-order valence-electron chi connectivity index (χ4n) is 2.22. The quantitative estimate of drug-likeness (QED) is 0.650. The van der Waals surface area contributed by atoms with Crippen LogP contribution in [0.1, 0.15) is 28.4 Å². The minimum Gasteiger partial charge on any atom is -0.453 e. The molecule has 0 spiro atoms. The number of aromatic nitrogens is 2. The van der Waals surface area contributed by atoms with Gasteiger partial charge in [0, 0.05) is 17.8 Å². The second-order valence-electron chi connectivity index (χ2n) is 5.55. The minimum absolute atomic E-state index is 0.307. The second-order valence-corrected chi connectivity index (χ2v) is 5.55. The number of carbonyl (C=O) groups is 2. The number of nitrogens with zero attached hydrogens (tertiary/aromatic N) is 1. The number of Topliss-reactive ketones (excluding diaryl/α,β-unsaturated/α-hetero) is 1. The molecule has 24 heavy (non-hydrogen) atoms. The molecular formula is C17H18N2O5. The van der Waals surface area contributed by atoms with E-state index >= 15 is 0 Å². The lowest BCUT2D eigenvalue weighted by molar-refractivity contribution is -0.147. The first-order chi connectivity index (χ1) is 11.3. The highest BCUT2D eigenvalue weighted by molar-refractivity contribution is 6.01. The van der Waals surface area contributed by atoms with Gasteiger partial charge in [-0.25, -0.2) is 4.79 Å². The molecule has 0 aliphatic carbocycles. The van der Waals surface area contributed by atoms with Crippen molar-refractivity contribution in [3.63, 3.8) is 0 Å². The van der Waals surface area contributed by atoms with E-state index in [-0.39, 0.29) is 12.3 Å². The van der Waals surface area contributed by atoms with E-state index in [1.807, 2.05) is 24.0 Å². The molecule has 7 heteroatoms. The number of hydrogen-bond acceptors (Lipinski definition) is 5. The SMILES string of the molecule is Cc1ccc(C)c(C(=O)[C@H](C)OC(=O)Cn2ccc(=O)[nH]c2=O)c1. The van der Waals surface area contributed by atoms with Crippen molar-refractivity contribution in [2.45, 2.75) is 33.4 Å². The Balaban J connectivity index is 2.08. The third-order valence-electron chi connectivity index (χ3n) is 3.53. The highest BCUT2D eigenvalue weighted by Gasteiger charge is 2.21. The number of aromatic amines is 1. The topological polar surface area (TPSA) is 98.2 Å². The number of ether oxygens (including phenoxy) is 1. The number of hydrogen-bond donors (Lipinski definition) is 1. The smallest absolute Gasteiger partial charge is 0.328 e. The molecule has 0 saturated heterocycles. The van der Waals surface area contributed by atoms with E-state index in [4.69, 9.17) is 4.74 Å². The maximum absolute atomic E-state index is 12.4. The van der Waals surface area contributed by atoms with Crippen LogP contribution in [0.2, 0.25) is 0 Å². The molecule has 1 N–H and O–H groups in total. The van der Waals surface area contributed by atoms with Crippen LogP contribution >= 0.6 is 0 Å². The summed E-state index contributed by atoms with van der Waals surface area (Å²) in [5, 5.41) is 0. The highest BCUT2D eigenvalue weighted by atomic mass is 16.5. The van der Waals surface area contributed by atoms with Gasteiger partial charge < -0.3 is 4.74 Å². The van der Waals surface area contributed by atoms with E-state index in [9.17, 15) is 19.2 Å². The van der Waals surface area contributed by atoms with Gasteiger partial charge in [0.25, 0.3) is 5.56 Å². The lowest BCUT2D eigenvalue weighted by Gasteiger charge is -2.14. The molecule has 0 unspecified atom stereocenters. The Hall–Kier alpha value is -2.96. The van der Waals surface area contributed by atoms with Crippen LogP contribution in [0.4, 0.5) is 0 Å². The van der Waals surface area contributed by atoms with Crippen molar-refractivity contribution in [1.29, 1.82) is 0 Å². The predicted molar refractivity (Wildman–Crippen MR) is 87.1 cm³/mol. The zero-order valence-corrected chi connectivity index (χ0v) is 13.7. The normalized spacial score (nSPS) is 11.8. The number of ketones is 1. The average Bonchev–Trinajstić information content (AvgIpc) is 2.51. The van der Waals surface area contributed by atoms with Crippen LogP contribution in [0.15, 0.2) is 40.1 Å².